The fraction of sp³-hybridized carbons (Fsp3) is 0.400. The van der Waals surface area contributed by atoms with Crippen LogP contribution < -0.4 is 5.32 Å². The average Bonchev–Trinajstić information content (AvgIpc) is 2.64. The quantitative estimate of drug-likeness (QED) is 0.562. The van der Waals surface area contributed by atoms with Crippen molar-refractivity contribution in [3.05, 3.63) is 59.1 Å². The zero-order valence-corrected chi connectivity index (χ0v) is 17.1. The van der Waals surface area contributed by atoms with E-state index in [0.717, 1.165) is 5.56 Å². The predicted molar refractivity (Wildman–Crippen MR) is 107 cm³/mol. The number of hydrogen-bond acceptors (Lipinski definition) is 5. The van der Waals surface area contributed by atoms with Crippen LogP contribution in [0.5, 0.6) is 0 Å². The van der Waals surface area contributed by atoms with E-state index in [2.05, 4.69) is 15.3 Å². The van der Waals surface area contributed by atoms with E-state index in [-0.39, 0.29) is 5.91 Å². The molecule has 2 amide bonds. The van der Waals surface area contributed by atoms with Crippen LogP contribution in [0.15, 0.2) is 42.9 Å². The highest BCUT2D eigenvalue weighted by Gasteiger charge is 2.22. The van der Waals surface area contributed by atoms with Crippen LogP contribution >= 0.6 is 11.6 Å². The molecule has 0 atom stereocenters. The van der Waals surface area contributed by atoms with Crippen molar-refractivity contribution in [2.75, 3.05) is 13.1 Å². The molecule has 2 aromatic rings. The lowest BCUT2D eigenvalue weighted by molar-refractivity contribution is 0.0232. The second-order valence-electron chi connectivity index (χ2n) is 7.24. The number of pyridine rings is 2. The van der Waals surface area contributed by atoms with Gasteiger partial charge in [0.25, 0.3) is 5.91 Å². The van der Waals surface area contributed by atoms with Crippen LogP contribution in [0, 0.1) is 0 Å². The zero-order chi connectivity index (χ0) is 20.6. The zero-order valence-electron chi connectivity index (χ0n) is 16.3. The van der Waals surface area contributed by atoms with Crippen molar-refractivity contribution in [3.63, 3.8) is 0 Å². The van der Waals surface area contributed by atoms with E-state index in [1.165, 1.54) is 6.20 Å². The first-order valence-corrected chi connectivity index (χ1v) is 9.39. The number of carbonyl (C=O) groups is 2. The Hall–Kier alpha value is -2.67. The van der Waals surface area contributed by atoms with Crippen molar-refractivity contribution < 1.29 is 14.3 Å². The molecule has 7 nitrogen and oxygen atoms in total. The molecule has 150 valence electrons. The summed E-state index contributed by atoms with van der Waals surface area (Å²) in [5, 5.41) is 3.14. The molecule has 2 rings (SSSR count). The van der Waals surface area contributed by atoms with Crippen LogP contribution in [0.2, 0.25) is 5.15 Å². The fourth-order valence-electron chi connectivity index (χ4n) is 2.36. The Morgan fingerprint density at radius 2 is 2.00 bits per heavy atom. The van der Waals surface area contributed by atoms with Gasteiger partial charge in [0.1, 0.15) is 10.8 Å². The van der Waals surface area contributed by atoms with Crippen molar-refractivity contribution in [2.24, 2.45) is 0 Å². The maximum atomic E-state index is 12.5. The minimum Gasteiger partial charge on any atom is -0.444 e. The summed E-state index contributed by atoms with van der Waals surface area (Å²) in [6.45, 7) is 6.71. The first-order valence-electron chi connectivity index (χ1n) is 9.01. The maximum absolute atomic E-state index is 12.5. The lowest BCUT2D eigenvalue weighted by Crippen LogP contribution is -2.38. The Morgan fingerprint density at radius 1 is 1.21 bits per heavy atom. The molecule has 0 saturated carbocycles. The van der Waals surface area contributed by atoms with Gasteiger partial charge >= 0.3 is 6.09 Å². The van der Waals surface area contributed by atoms with E-state index in [4.69, 9.17) is 16.3 Å². The highest BCUT2D eigenvalue weighted by Crippen LogP contribution is 2.13. The molecular formula is C20H25ClN4O3. The van der Waals surface area contributed by atoms with Crippen LogP contribution in [0.1, 0.15) is 43.1 Å². The molecule has 0 fully saturated rings. The third kappa shape index (κ3) is 7.52. The second-order valence-corrected chi connectivity index (χ2v) is 7.63. The number of carbonyl (C=O) groups excluding carboxylic acids is 2. The summed E-state index contributed by atoms with van der Waals surface area (Å²) in [4.78, 5) is 34.2. The van der Waals surface area contributed by atoms with Crippen molar-refractivity contribution in [3.8, 4) is 0 Å². The van der Waals surface area contributed by atoms with Gasteiger partial charge in [-0.2, -0.15) is 0 Å². The summed E-state index contributed by atoms with van der Waals surface area (Å²) < 4.78 is 5.49. The van der Waals surface area contributed by atoms with E-state index < -0.39 is 11.7 Å². The molecular weight excluding hydrogens is 380 g/mol. The normalized spacial score (nSPS) is 11.0. The van der Waals surface area contributed by atoms with Gasteiger partial charge in [-0.1, -0.05) is 17.7 Å². The molecule has 1 N–H and O–H groups in total. The lowest BCUT2D eigenvalue weighted by atomic mass is 10.2. The van der Waals surface area contributed by atoms with Gasteiger partial charge in [0.2, 0.25) is 0 Å². The van der Waals surface area contributed by atoms with Crippen molar-refractivity contribution >= 4 is 23.6 Å². The molecule has 2 aromatic heterocycles. The molecule has 0 radical (unpaired) electrons. The largest absolute Gasteiger partial charge is 0.444 e. The first-order chi connectivity index (χ1) is 13.2. The van der Waals surface area contributed by atoms with Crippen LogP contribution in [-0.2, 0) is 11.3 Å². The molecule has 0 aliphatic carbocycles. The van der Waals surface area contributed by atoms with Crippen molar-refractivity contribution in [1.29, 1.82) is 0 Å². The van der Waals surface area contributed by atoms with Gasteiger partial charge in [-0.15, -0.1) is 0 Å². The Balaban J connectivity index is 1.89. The SMILES string of the molecule is CC(C)(C)OC(=O)N(CCCNC(=O)c1ccc(Cl)nc1)Cc1cccnc1. The maximum Gasteiger partial charge on any atom is 0.410 e. The Kier molecular flexibility index (Phi) is 7.75. The first kappa shape index (κ1) is 21.6. The number of nitrogens with zero attached hydrogens (tertiary/aromatic N) is 3. The molecule has 0 aromatic carbocycles. The van der Waals surface area contributed by atoms with Gasteiger partial charge < -0.3 is 15.0 Å². The van der Waals surface area contributed by atoms with Crippen molar-refractivity contribution in [2.45, 2.75) is 39.3 Å². The van der Waals surface area contributed by atoms with Gasteiger partial charge in [0, 0.05) is 31.7 Å². The molecule has 2 heterocycles. The minimum atomic E-state index is -0.583. The van der Waals surface area contributed by atoms with Gasteiger partial charge in [-0.25, -0.2) is 9.78 Å². The third-order valence-corrected chi connectivity index (χ3v) is 3.85. The van der Waals surface area contributed by atoms with Gasteiger partial charge in [0.15, 0.2) is 0 Å². The van der Waals surface area contributed by atoms with Gasteiger partial charge in [-0.3, -0.25) is 9.78 Å². The van der Waals surface area contributed by atoms with Crippen molar-refractivity contribution in [1.82, 2.24) is 20.2 Å². The van der Waals surface area contributed by atoms with E-state index in [1.54, 1.807) is 29.4 Å². The van der Waals surface area contributed by atoms with Crippen LogP contribution in [0.3, 0.4) is 0 Å². The smallest absolute Gasteiger partial charge is 0.410 e. The number of rotatable bonds is 7. The number of ether oxygens (including phenoxy) is 1. The standard InChI is InChI=1S/C20H25ClN4O3/c1-20(2,3)28-19(27)25(14-15-6-4-9-22-12-15)11-5-10-23-18(26)16-7-8-17(21)24-13-16/h4,6-9,12-13H,5,10-11,14H2,1-3H3,(H,23,26). The topological polar surface area (TPSA) is 84.4 Å². The number of nitrogens with one attached hydrogen (secondary N) is 1. The van der Waals surface area contributed by atoms with E-state index in [9.17, 15) is 9.59 Å². The average molecular weight is 405 g/mol. The molecule has 0 saturated heterocycles. The molecule has 28 heavy (non-hydrogen) atoms. The monoisotopic (exact) mass is 404 g/mol. The Morgan fingerprint density at radius 3 is 2.61 bits per heavy atom. The molecule has 0 spiro atoms. The Bertz CT molecular complexity index is 776. The lowest BCUT2D eigenvalue weighted by Gasteiger charge is -2.27. The summed E-state index contributed by atoms with van der Waals surface area (Å²) in [7, 11) is 0. The molecule has 8 heteroatoms. The Labute approximate surface area is 170 Å². The summed E-state index contributed by atoms with van der Waals surface area (Å²) in [5.41, 5.74) is 0.758. The van der Waals surface area contributed by atoms with E-state index in [1.807, 2.05) is 32.9 Å². The van der Waals surface area contributed by atoms with Crippen LogP contribution in [-0.4, -0.2) is 45.6 Å². The second kappa shape index (κ2) is 10.0. The van der Waals surface area contributed by atoms with Crippen LogP contribution in [0.4, 0.5) is 4.79 Å². The predicted octanol–water partition coefficient (Wildman–Crippen LogP) is 3.69. The summed E-state index contributed by atoms with van der Waals surface area (Å²) in [6.07, 6.45) is 5.00. The van der Waals surface area contributed by atoms with E-state index >= 15 is 0 Å². The molecule has 0 unspecified atom stereocenters. The highest BCUT2D eigenvalue weighted by molar-refractivity contribution is 6.29. The molecule has 0 aliphatic heterocycles. The summed E-state index contributed by atoms with van der Waals surface area (Å²) >= 11 is 5.72. The van der Waals surface area contributed by atoms with Crippen LogP contribution in [0.25, 0.3) is 0 Å². The van der Waals surface area contributed by atoms with Gasteiger partial charge in [0.05, 0.1) is 12.1 Å². The third-order valence-electron chi connectivity index (χ3n) is 3.63. The molecule has 0 bridgehead atoms. The number of aromatic nitrogens is 2. The van der Waals surface area contributed by atoms with E-state index in [0.29, 0.717) is 36.8 Å². The highest BCUT2D eigenvalue weighted by atomic mass is 35.5. The summed E-state index contributed by atoms with van der Waals surface area (Å²) in [6, 6.07) is 6.90. The fourth-order valence-corrected chi connectivity index (χ4v) is 2.47. The number of halogens is 1. The number of hydrogen-bond donors (Lipinski definition) is 1. The number of amides is 2. The minimum absolute atomic E-state index is 0.236. The van der Waals surface area contributed by atoms with Gasteiger partial charge in [-0.05, 0) is 51.0 Å². The summed E-state index contributed by atoms with van der Waals surface area (Å²) in [5.74, 6) is -0.236. The molecule has 0 aliphatic rings.